The summed E-state index contributed by atoms with van der Waals surface area (Å²) in [5.74, 6) is 0.875. The smallest absolute Gasteiger partial charge is 0.216 e. The summed E-state index contributed by atoms with van der Waals surface area (Å²) >= 11 is 0. The minimum Gasteiger partial charge on any atom is -0.355 e. The minimum atomic E-state index is 0.0579. The van der Waals surface area contributed by atoms with Gasteiger partial charge in [-0.3, -0.25) is 4.79 Å². The summed E-state index contributed by atoms with van der Waals surface area (Å²) in [5.41, 5.74) is 0. The van der Waals surface area contributed by atoms with Gasteiger partial charge in [0.25, 0.3) is 0 Å². The van der Waals surface area contributed by atoms with Gasteiger partial charge in [-0.05, 0) is 38.3 Å². The highest BCUT2D eigenvalue weighted by atomic mass is 16.1. The zero-order valence-electron chi connectivity index (χ0n) is 10.2. The van der Waals surface area contributed by atoms with Gasteiger partial charge in [0, 0.05) is 32.6 Å². The molecular weight excluding hydrogens is 202 g/mol. The average Bonchev–Trinajstić information content (AvgIpc) is 2.99. The molecule has 0 spiro atoms. The van der Waals surface area contributed by atoms with Crippen LogP contribution >= 0.6 is 0 Å². The Morgan fingerprint density at radius 2 is 2.12 bits per heavy atom. The van der Waals surface area contributed by atoms with Gasteiger partial charge < -0.3 is 15.5 Å². The summed E-state index contributed by atoms with van der Waals surface area (Å²) in [7, 11) is 0. The highest BCUT2D eigenvalue weighted by Gasteiger charge is 2.33. The summed E-state index contributed by atoms with van der Waals surface area (Å²) in [6.45, 7) is 6.86. The van der Waals surface area contributed by atoms with Crippen LogP contribution in [-0.2, 0) is 4.79 Å². The van der Waals surface area contributed by atoms with Crippen LogP contribution in [0.3, 0.4) is 0 Å². The molecule has 1 saturated carbocycles. The van der Waals surface area contributed by atoms with Crippen molar-refractivity contribution < 1.29 is 4.79 Å². The van der Waals surface area contributed by atoms with E-state index in [-0.39, 0.29) is 5.91 Å². The first-order valence-corrected chi connectivity index (χ1v) is 6.45. The Kier molecular flexibility index (Phi) is 4.18. The van der Waals surface area contributed by atoms with Crippen molar-refractivity contribution in [1.82, 2.24) is 15.5 Å². The molecule has 0 aromatic heterocycles. The normalized spacial score (nSPS) is 25.9. The molecule has 2 fully saturated rings. The van der Waals surface area contributed by atoms with Gasteiger partial charge in [0.15, 0.2) is 0 Å². The summed E-state index contributed by atoms with van der Waals surface area (Å²) in [4.78, 5) is 13.3. The van der Waals surface area contributed by atoms with Gasteiger partial charge in [-0.2, -0.15) is 0 Å². The maximum absolute atomic E-state index is 10.6. The molecule has 1 heterocycles. The molecule has 1 amide bonds. The lowest BCUT2D eigenvalue weighted by atomic mass is 10.1. The second kappa shape index (κ2) is 5.64. The van der Waals surface area contributed by atoms with Crippen LogP contribution in [-0.4, -0.2) is 49.6 Å². The highest BCUT2D eigenvalue weighted by Crippen LogP contribution is 2.31. The fourth-order valence-corrected chi connectivity index (χ4v) is 2.43. The maximum Gasteiger partial charge on any atom is 0.216 e. The number of nitrogens with zero attached hydrogens (tertiary/aromatic N) is 1. The Morgan fingerprint density at radius 1 is 1.31 bits per heavy atom. The Hall–Kier alpha value is -0.610. The Morgan fingerprint density at radius 3 is 2.81 bits per heavy atom. The number of rotatable bonds is 6. The third-order valence-corrected chi connectivity index (χ3v) is 3.49. The molecule has 16 heavy (non-hydrogen) atoms. The molecule has 0 radical (unpaired) electrons. The largest absolute Gasteiger partial charge is 0.355 e. The standard InChI is InChI=1S/C12H23N3O/c1-10(16)14-6-5-13-8-11-4-7-15(9-11)12-2-3-12/h11-13H,2-9H2,1H3,(H,14,16). The predicted molar refractivity (Wildman–Crippen MR) is 64.3 cm³/mol. The van der Waals surface area contributed by atoms with E-state index in [1.165, 1.54) is 32.4 Å². The van der Waals surface area contributed by atoms with E-state index >= 15 is 0 Å². The van der Waals surface area contributed by atoms with Crippen LogP contribution in [0.25, 0.3) is 0 Å². The summed E-state index contributed by atoms with van der Waals surface area (Å²) in [6.07, 6.45) is 4.18. The van der Waals surface area contributed by atoms with E-state index in [4.69, 9.17) is 0 Å². The van der Waals surface area contributed by atoms with Gasteiger partial charge in [-0.25, -0.2) is 0 Å². The summed E-state index contributed by atoms with van der Waals surface area (Å²) < 4.78 is 0. The van der Waals surface area contributed by atoms with E-state index in [0.29, 0.717) is 0 Å². The fraction of sp³-hybridized carbons (Fsp3) is 0.917. The second-order valence-electron chi connectivity index (χ2n) is 5.07. The van der Waals surface area contributed by atoms with Crippen LogP contribution in [0.15, 0.2) is 0 Å². The number of hydrogen-bond acceptors (Lipinski definition) is 3. The molecular formula is C12H23N3O. The number of hydrogen-bond donors (Lipinski definition) is 2. The number of carbonyl (C=O) groups is 1. The second-order valence-corrected chi connectivity index (χ2v) is 5.07. The van der Waals surface area contributed by atoms with Crippen LogP contribution < -0.4 is 10.6 Å². The van der Waals surface area contributed by atoms with Gasteiger partial charge in [-0.1, -0.05) is 0 Å². The minimum absolute atomic E-state index is 0.0579. The quantitative estimate of drug-likeness (QED) is 0.635. The monoisotopic (exact) mass is 225 g/mol. The Bertz CT molecular complexity index is 240. The Balaban J connectivity index is 1.49. The topological polar surface area (TPSA) is 44.4 Å². The Labute approximate surface area is 97.8 Å². The third-order valence-electron chi connectivity index (χ3n) is 3.49. The number of carbonyl (C=O) groups excluding carboxylic acids is 1. The van der Waals surface area contributed by atoms with Crippen LogP contribution in [0.1, 0.15) is 26.2 Å². The molecule has 92 valence electrons. The van der Waals surface area contributed by atoms with Crippen molar-refractivity contribution in [2.24, 2.45) is 5.92 Å². The number of amides is 1. The van der Waals surface area contributed by atoms with Gasteiger partial charge in [0.1, 0.15) is 0 Å². The maximum atomic E-state index is 10.6. The van der Waals surface area contributed by atoms with Gasteiger partial charge in [0.05, 0.1) is 0 Å². The molecule has 0 aromatic rings. The zero-order valence-corrected chi connectivity index (χ0v) is 10.2. The van der Waals surface area contributed by atoms with Crippen LogP contribution in [0.4, 0.5) is 0 Å². The number of likely N-dealkylation sites (tertiary alicyclic amines) is 1. The molecule has 0 bridgehead atoms. The van der Waals surface area contributed by atoms with E-state index in [1.807, 2.05) is 0 Å². The van der Waals surface area contributed by atoms with Crippen molar-refractivity contribution in [3.8, 4) is 0 Å². The molecule has 1 aliphatic heterocycles. The van der Waals surface area contributed by atoms with E-state index in [1.54, 1.807) is 6.92 Å². The van der Waals surface area contributed by atoms with Crippen molar-refractivity contribution >= 4 is 5.91 Å². The summed E-state index contributed by atoms with van der Waals surface area (Å²) in [6, 6.07) is 0.921. The van der Waals surface area contributed by atoms with Crippen molar-refractivity contribution in [3.63, 3.8) is 0 Å². The first-order chi connectivity index (χ1) is 7.75. The zero-order chi connectivity index (χ0) is 11.4. The van der Waals surface area contributed by atoms with Crippen molar-refractivity contribution in [2.75, 3.05) is 32.7 Å². The highest BCUT2D eigenvalue weighted by molar-refractivity contribution is 5.72. The van der Waals surface area contributed by atoms with Crippen molar-refractivity contribution in [3.05, 3.63) is 0 Å². The lowest BCUT2D eigenvalue weighted by molar-refractivity contribution is -0.118. The lowest BCUT2D eigenvalue weighted by Gasteiger charge is -2.15. The molecule has 4 nitrogen and oxygen atoms in total. The van der Waals surface area contributed by atoms with Gasteiger partial charge in [-0.15, -0.1) is 0 Å². The summed E-state index contributed by atoms with van der Waals surface area (Å²) in [5, 5.41) is 6.22. The molecule has 2 aliphatic rings. The van der Waals surface area contributed by atoms with E-state index in [2.05, 4.69) is 15.5 Å². The van der Waals surface area contributed by atoms with E-state index < -0.39 is 0 Å². The molecule has 1 unspecified atom stereocenters. The molecule has 2 N–H and O–H groups in total. The van der Waals surface area contributed by atoms with E-state index in [9.17, 15) is 4.79 Å². The van der Waals surface area contributed by atoms with Crippen LogP contribution in [0.5, 0.6) is 0 Å². The third kappa shape index (κ3) is 3.76. The molecule has 1 saturated heterocycles. The first-order valence-electron chi connectivity index (χ1n) is 6.45. The van der Waals surface area contributed by atoms with Crippen molar-refractivity contribution in [2.45, 2.75) is 32.2 Å². The average molecular weight is 225 g/mol. The van der Waals surface area contributed by atoms with E-state index in [0.717, 1.165) is 31.6 Å². The number of nitrogens with one attached hydrogen (secondary N) is 2. The van der Waals surface area contributed by atoms with Crippen LogP contribution in [0, 0.1) is 5.92 Å². The van der Waals surface area contributed by atoms with Gasteiger partial charge in [0.2, 0.25) is 5.91 Å². The van der Waals surface area contributed by atoms with Crippen LogP contribution in [0.2, 0.25) is 0 Å². The molecule has 0 aromatic carbocycles. The first kappa shape index (κ1) is 11.9. The molecule has 1 aliphatic carbocycles. The van der Waals surface area contributed by atoms with Crippen molar-refractivity contribution in [1.29, 1.82) is 0 Å². The fourth-order valence-electron chi connectivity index (χ4n) is 2.43. The molecule has 2 rings (SSSR count). The lowest BCUT2D eigenvalue weighted by Crippen LogP contribution is -2.33. The molecule has 1 atom stereocenters. The van der Waals surface area contributed by atoms with Gasteiger partial charge >= 0.3 is 0 Å². The predicted octanol–water partition coefficient (Wildman–Crippen LogP) is 0.196. The molecule has 4 heteroatoms. The SMILES string of the molecule is CC(=O)NCCNCC1CCN(C2CC2)C1.